The SMILES string of the molecule is C[C@H](CCc1ccco1)NS(=O)(=O)N1CCOCC1. The van der Waals surface area contributed by atoms with Gasteiger partial charge in [0.25, 0.3) is 10.2 Å². The van der Waals surface area contributed by atoms with Crippen LogP contribution < -0.4 is 4.72 Å². The predicted molar refractivity (Wildman–Crippen MR) is 70.9 cm³/mol. The van der Waals surface area contributed by atoms with Crippen molar-refractivity contribution in [1.82, 2.24) is 9.03 Å². The van der Waals surface area contributed by atoms with Gasteiger partial charge in [-0.15, -0.1) is 0 Å². The number of furan rings is 1. The minimum atomic E-state index is -3.40. The Morgan fingerprint density at radius 2 is 2.16 bits per heavy atom. The lowest BCUT2D eigenvalue weighted by Crippen LogP contribution is -2.49. The highest BCUT2D eigenvalue weighted by Crippen LogP contribution is 2.08. The number of nitrogens with one attached hydrogen (secondary N) is 1. The van der Waals surface area contributed by atoms with Gasteiger partial charge in [0.05, 0.1) is 19.5 Å². The molecule has 0 saturated carbocycles. The summed E-state index contributed by atoms with van der Waals surface area (Å²) in [5, 5.41) is 0. The van der Waals surface area contributed by atoms with Gasteiger partial charge < -0.3 is 9.15 Å². The molecule has 1 aliphatic rings. The normalized spacial score (nSPS) is 19.4. The van der Waals surface area contributed by atoms with Crippen molar-refractivity contribution in [2.24, 2.45) is 0 Å². The molecule has 19 heavy (non-hydrogen) atoms. The Hall–Kier alpha value is -0.890. The molecule has 1 atom stereocenters. The van der Waals surface area contributed by atoms with Crippen LogP contribution in [-0.4, -0.2) is 45.1 Å². The van der Waals surface area contributed by atoms with Crippen LogP contribution in [0.25, 0.3) is 0 Å². The molecule has 2 rings (SSSR count). The van der Waals surface area contributed by atoms with Gasteiger partial charge in [-0.3, -0.25) is 0 Å². The number of rotatable bonds is 6. The summed E-state index contributed by atoms with van der Waals surface area (Å²) in [5.41, 5.74) is 0. The molecule has 1 aromatic rings. The van der Waals surface area contributed by atoms with Gasteiger partial charge in [-0.25, -0.2) is 0 Å². The molecule has 108 valence electrons. The molecule has 1 aliphatic heterocycles. The maximum Gasteiger partial charge on any atom is 0.279 e. The van der Waals surface area contributed by atoms with E-state index in [-0.39, 0.29) is 6.04 Å². The molecule has 0 aliphatic carbocycles. The van der Waals surface area contributed by atoms with Gasteiger partial charge in [0.15, 0.2) is 0 Å². The highest BCUT2D eigenvalue weighted by molar-refractivity contribution is 7.87. The Kier molecular flexibility index (Phi) is 4.98. The molecule has 1 N–H and O–H groups in total. The first kappa shape index (κ1) is 14.5. The van der Waals surface area contributed by atoms with Crippen LogP contribution in [0.4, 0.5) is 0 Å². The van der Waals surface area contributed by atoms with Crippen molar-refractivity contribution in [2.45, 2.75) is 25.8 Å². The van der Waals surface area contributed by atoms with Crippen molar-refractivity contribution in [3.05, 3.63) is 24.2 Å². The molecule has 6 nitrogen and oxygen atoms in total. The van der Waals surface area contributed by atoms with Crippen molar-refractivity contribution in [3.8, 4) is 0 Å². The summed E-state index contributed by atoms with van der Waals surface area (Å²) < 4.78 is 38.7. The minimum absolute atomic E-state index is 0.127. The third-order valence-corrected chi connectivity index (χ3v) is 4.81. The first-order valence-corrected chi connectivity index (χ1v) is 7.89. The van der Waals surface area contributed by atoms with E-state index in [1.165, 1.54) is 4.31 Å². The summed E-state index contributed by atoms with van der Waals surface area (Å²) in [5.74, 6) is 0.873. The zero-order valence-electron chi connectivity index (χ0n) is 11.0. The average Bonchev–Trinajstić information content (AvgIpc) is 2.90. The van der Waals surface area contributed by atoms with E-state index in [4.69, 9.17) is 9.15 Å². The van der Waals surface area contributed by atoms with Crippen LogP contribution >= 0.6 is 0 Å². The van der Waals surface area contributed by atoms with Gasteiger partial charge >= 0.3 is 0 Å². The van der Waals surface area contributed by atoms with Gasteiger partial charge in [0.2, 0.25) is 0 Å². The Labute approximate surface area is 113 Å². The third-order valence-electron chi connectivity index (χ3n) is 3.06. The maximum atomic E-state index is 12.1. The standard InChI is InChI=1S/C12H20N2O4S/c1-11(4-5-12-3-2-8-18-12)13-19(15,16)14-6-9-17-10-7-14/h2-3,8,11,13H,4-7,9-10H2,1H3/t11-/m1/s1. The summed E-state index contributed by atoms with van der Waals surface area (Å²) in [6.07, 6.45) is 3.05. The van der Waals surface area contributed by atoms with Gasteiger partial charge in [-0.05, 0) is 25.5 Å². The van der Waals surface area contributed by atoms with E-state index < -0.39 is 10.2 Å². The summed E-state index contributed by atoms with van der Waals surface area (Å²) in [6.45, 7) is 3.62. The fourth-order valence-corrected chi connectivity index (χ4v) is 3.39. The van der Waals surface area contributed by atoms with Crippen LogP contribution in [-0.2, 0) is 21.4 Å². The van der Waals surface area contributed by atoms with E-state index in [0.717, 1.165) is 12.2 Å². The summed E-state index contributed by atoms with van der Waals surface area (Å²) >= 11 is 0. The van der Waals surface area contributed by atoms with E-state index >= 15 is 0 Å². The molecule has 0 amide bonds. The average molecular weight is 288 g/mol. The number of hydrogen-bond acceptors (Lipinski definition) is 4. The molecule has 0 bridgehead atoms. The Morgan fingerprint density at radius 1 is 1.42 bits per heavy atom. The molecule has 2 heterocycles. The van der Waals surface area contributed by atoms with Gasteiger partial charge in [0, 0.05) is 25.6 Å². The Balaban J connectivity index is 1.81. The van der Waals surface area contributed by atoms with Gasteiger partial charge in [-0.1, -0.05) is 0 Å². The van der Waals surface area contributed by atoms with E-state index in [1.54, 1.807) is 6.26 Å². The lowest BCUT2D eigenvalue weighted by Gasteiger charge is -2.27. The van der Waals surface area contributed by atoms with Crippen LogP contribution in [0.1, 0.15) is 19.1 Å². The molecule has 0 aromatic carbocycles. The fraction of sp³-hybridized carbons (Fsp3) is 0.667. The van der Waals surface area contributed by atoms with Crippen LogP contribution in [0.2, 0.25) is 0 Å². The quantitative estimate of drug-likeness (QED) is 0.839. The summed E-state index contributed by atoms with van der Waals surface area (Å²) in [7, 11) is -3.40. The van der Waals surface area contributed by atoms with Crippen molar-refractivity contribution >= 4 is 10.2 Å². The number of morpholine rings is 1. The van der Waals surface area contributed by atoms with Gasteiger partial charge in [0.1, 0.15) is 5.76 Å². The molecule has 0 radical (unpaired) electrons. The number of ether oxygens (including phenoxy) is 1. The van der Waals surface area contributed by atoms with Gasteiger partial charge in [-0.2, -0.15) is 17.4 Å². The Morgan fingerprint density at radius 3 is 2.79 bits per heavy atom. The summed E-state index contributed by atoms with van der Waals surface area (Å²) in [4.78, 5) is 0. The van der Waals surface area contributed by atoms with E-state index in [1.807, 2.05) is 19.1 Å². The number of hydrogen-bond donors (Lipinski definition) is 1. The zero-order chi connectivity index (χ0) is 13.7. The first-order chi connectivity index (χ1) is 9.08. The molecule has 0 unspecified atom stereocenters. The molecule has 1 aromatic heterocycles. The van der Waals surface area contributed by atoms with Crippen molar-refractivity contribution in [1.29, 1.82) is 0 Å². The summed E-state index contributed by atoms with van der Waals surface area (Å²) in [6, 6.07) is 3.60. The van der Waals surface area contributed by atoms with Crippen LogP contribution in [0.5, 0.6) is 0 Å². The molecule has 1 fully saturated rings. The monoisotopic (exact) mass is 288 g/mol. The van der Waals surface area contributed by atoms with Crippen LogP contribution in [0.15, 0.2) is 22.8 Å². The van der Waals surface area contributed by atoms with E-state index in [0.29, 0.717) is 32.7 Å². The first-order valence-electron chi connectivity index (χ1n) is 6.45. The third kappa shape index (κ3) is 4.31. The maximum absolute atomic E-state index is 12.1. The topological polar surface area (TPSA) is 71.8 Å². The highest BCUT2D eigenvalue weighted by atomic mass is 32.2. The Bertz CT molecular complexity index is 466. The van der Waals surface area contributed by atoms with Crippen LogP contribution in [0, 0.1) is 0 Å². The molecule has 0 spiro atoms. The molecular formula is C12H20N2O4S. The minimum Gasteiger partial charge on any atom is -0.469 e. The van der Waals surface area contributed by atoms with E-state index in [9.17, 15) is 8.42 Å². The lowest BCUT2D eigenvalue weighted by molar-refractivity contribution is 0.0723. The molecule has 7 heteroatoms. The molecular weight excluding hydrogens is 268 g/mol. The second-order valence-electron chi connectivity index (χ2n) is 4.65. The zero-order valence-corrected chi connectivity index (χ0v) is 11.9. The molecule has 1 saturated heterocycles. The van der Waals surface area contributed by atoms with Crippen molar-refractivity contribution < 1.29 is 17.6 Å². The second-order valence-corrected chi connectivity index (χ2v) is 6.36. The predicted octanol–water partition coefficient (Wildman–Crippen LogP) is 0.767. The van der Waals surface area contributed by atoms with E-state index in [2.05, 4.69) is 4.72 Å². The van der Waals surface area contributed by atoms with Crippen molar-refractivity contribution in [3.63, 3.8) is 0 Å². The largest absolute Gasteiger partial charge is 0.469 e. The van der Waals surface area contributed by atoms with Crippen molar-refractivity contribution in [2.75, 3.05) is 26.3 Å². The smallest absolute Gasteiger partial charge is 0.279 e. The van der Waals surface area contributed by atoms with Crippen LogP contribution in [0.3, 0.4) is 0 Å². The second kappa shape index (κ2) is 6.51. The highest BCUT2D eigenvalue weighted by Gasteiger charge is 2.25. The number of aryl methyl sites for hydroxylation is 1. The fourth-order valence-electron chi connectivity index (χ4n) is 1.99. The number of nitrogens with zero attached hydrogens (tertiary/aromatic N) is 1. The lowest BCUT2D eigenvalue weighted by atomic mass is 10.2.